The van der Waals surface area contributed by atoms with Crippen LogP contribution in [0.2, 0.25) is 0 Å². The van der Waals surface area contributed by atoms with Crippen molar-refractivity contribution in [2.45, 2.75) is 25.2 Å². The Kier molecular flexibility index (Phi) is 1.93. The molecule has 5 heteroatoms. The van der Waals surface area contributed by atoms with Gasteiger partial charge in [0.05, 0.1) is 0 Å². The molecule has 0 aromatic heterocycles. The van der Waals surface area contributed by atoms with Crippen LogP contribution in [-0.4, -0.2) is 16.4 Å². The van der Waals surface area contributed by atoms with E-state index in [9.17, 15) is 17.6 Å². The molecule has 0 amide bonds. The van der Waals surface area contributed by atoms with Crippen molar-refractivity contribution in [1.29, 1.82) is 0 Å². The molecule has 0 aromatic carbocycles. The maximum atomic E-state index is 13.3. The molecule has 1 rings (SSSR count). The predicted octanol–water partition coefficient (Wildman–Crippen LogP) is 3.05. The van der Waals surface area contributed by atoms with E-state index in [-0.39, 0.29) is 0 Å². The molecule has 0 heterocycles. The smallest absolute Gasteiger partial charge is 0.199 e. The third kappa shape index (κ3) is 1.22. The molecule has 0 spiro atoms. The molecular weight excluding hydrogens is 188 g/mol. The SMILES string of the molecule is CC1(F)C=C(O)C(F)=C(F)C1(C)F. The van der Waals surface area contributed by atoms with Gasteiger partial charge in [0.2, 0.25) is 0 Å². The van der Waals surface area contributed by atoms with E-state index >= 15 is 0 Å². The number of halogens is 4. The second-order valence-electron chi connectivity index (χ2n) is 3.24. The number of allylic oxidation sites excluding steroid dienone is 3. The van der Waals surface area contributed by atoms with Crippen LogP contribution in [0.1, 0.15) is 13.8 Å². The number of rotatable bonds is 0. The summed E-state index contributed by atoms with van der Waals surface area (Å²) in [6.45, 7) is 1.29. The first-order chi connectivity index (χ1) is 5.70. The fourth-order valence-corrected chi connectivity index (χ4v) is 0.989. The van der Waals surface area contributed by atoms with Crippen LogP contribution in [0.5, 0.6) is 0 Å². The summed E-state index contributed by atoms with van der Waals surface area (Å²) in [5.74, 6) is -4.88. The first-order valence-corrected chi connectivity index (χ1v) is 3.56. The standard InChI is InChI=1S/C8H8F4O/c1-7(11)3-4(13)5(9)6(10)8(7,2)12/h3,13H,1-2H3. The van der Waals surface area contributed by atoms with Gasteiger partial charge in [0.15, 0.2) is 28.8 Å². The zero-order valence-corrected chi connectivity index (χ0v) is 7.04. The lowest BCUT2D eigenvalue weighted by Gasteiger charge is -2.33. The van der Waals surface area contributed by atoms with Crippen LogP contribution in [0.25, 0.3) is 0 Å². The first-order valence-electron chi connectivity index (χ1n) is 3.56. The van der Waals surface area contributed by atoms with E-state index < -0.39 is 28.8 Å². The van der Waals surface area contributed by atoms with Gasteiger partial charge in [-0.3, -0.25) is 0 Å². The van der Waals surface area contributed by atoms with Gasteiger partial charge in [0.1, 0.15) is 0 Å². The number of alkyl halides is 2. The lowest BCUT2D eigenvalue weighted by Crippen LogP contribution is -2.44. The Labute approximate surface area is 72.4 Å². The molecule has 1 nitrogen and oxygen atoms in total. The molecule has 0 saturated carbocycles. The molecule has 0 aliphatic heterocycles. The summed E-state index contributed by atoms with van der Waals surface area (Å²) in [6, 6.07) is 0. The molecule has 0 fully saturated rings. The average Bonchev–Trinajstić information content (AvgIpc) is 1.98. The Hall–Kier alpha value is -1.00. The van der Waals surface area contributed by atoms with E-state index in [0.717, 1.165) is 6.92 Å². The minimum absolute atomic E-state index is 0.311. The summed E-state index contributed by atoms with van der Waals surface area (Å²) < 4.78 is 51.9. The lowest BCUT2D eigenvalue weighted by molar-refractivity contribution is 0.0229. The highest BCUT2D eigenvalue weighted by Crippen LogP contribution is 2.45. The van der Waals surface area contributed by atoms with Crippen LogP contribution in [0.3, 0.4) is 0 Å². The topological polar surface area (TPSA) is 20.2 Å². The molecule has 0 saturated heterocycles. The molecule has 2 unspecified atom stereocenters. The van der Waals surface area contributed by atoms with E-state index in [1.54, 1.807) is 0 Å². The third-order valence-corrected chi connectivity index (χ3v) is 2.16. The van der Waals surface area contributed by atoms with Gasteiger partial charge >= 0.3 is 0 Å². The van der Waals surface area contributed by atoms with Crippen LogP contribution < -0.4 is 0 Å². The Morgan fingerprint density at radius 1 is 1.23 bits per heavy atom. The van der Waals surface area contributed by atoms with Crippen LogP contribution in [-0.2, 0) is 0 Å². The zero-order chi connectivity index (χ0) is 10.4. The highest BCUT2D eigenvalue weighted by Gasteiger charge is 2.53. The second kappa shape index (κ2) is 2.49. The molecule has 13 heavy (non-hydrogen) atoms. The van der Waals surface area contributed by atoms with Gasteiger partial charge in [-0.25, -0.2) is 13.2 Å². The molecule has 0 bridgehead atoms. The highest BCUT2D eigenvalue weighted by atomic mass is 19.2. The largest absolute Gasteiger partial charge is 0.505 e. The van der Waals surface area contributed by atoms with Crippen LogP contribution in [0.4, 0.5) is 17.6 Å². The molecular formula is C8H8F4O. The summed E-state index contributed by atoms with van der Waals surface area (Å²) >= 11 is 0. The van der Waals surface area contributed by atoms with Gasteiger partial charge < -0.3 is 5.11 Å². The van der Waals surface area contributed by atoms with Crippen molar-refractivity contribution in [2.75, 3.05) is 0 Å². The Morgan fingerprint density at radius 3 is 2.15 bits per heavy atom. The summed E-state index contributed by atoms with van der Waals surface area (Å²) in [4.78, 5) is 0. The fraction of sp³-hybridized carbons (Fsp3) is 0.500. The molecule has 1 aliphatic carbocycles. The monoisotopic (exact) mass is 196 g/mol. The summed E-state index contributed by atoms with van der Waals surface area (Å²) in [6.07, 6.45) is 0.311. The number of aliphatic hydroxyl groups excluding tert-OH is 1. The number of hydrogen-bond donors (Lipinski definition) is 1. The lowest BCUT2D eigenvalue weighted by atomic mass is 9.83. The number of hydrogen-bond acceptors (Lipinski definition) is 1. The van der Waals surface area contributed by atoms with E-state index in [2.05, 4.69) is 0 Å². The van der Waals surface area contributed by atoms with Gasteiger partial charge in [-0.1, -0.05) is 0 Å². The fourth-order valence-electron chi connectivity index (χ4n) is 0.989. The summed E-state index contributed by atoms with van der Waals surface area (Å²) in [5.41, 5.74) is -5.83. The molecule has 0 aromatic rings. The zero-order valence-electron chi connectivity index (χ0n) is 7.04. The van der Waals surface area contributed by atoms with Gasteiger partial charge in [-0.05, 0) is 13.8 Å². The summed E-state index contributed by atoms with van der Waals surface area (Å²) in [5, 5.41) is 8.70. The maximum absolute atomic E-state index is 13.3. The molecule has 1 N–H and O–H groups in total. The average molecular weight is 196 g/mol. The van der Waals surface area contributed by atoms with Gasteiger partial charge in [0.25, 0.3) is 0 Å². The minimum Gasteiger partial charge on any atom is -0.505 e. The van der Waals surface area contributed by atoms with E-state index in [0.29, 0.717) is 13.0 Å². The predicted molar refractivity (Wildman–Crippen MR) is 39.0 cm³/mol. The quantitative estimate of drug-likeness (QED) is 0.590. The Balaban J connectivity index is 3.32. The molecule has 2 atom stereocenters. The van der Waals surface area contributed by atoms with E-state index in [1.807, 2.05) is 0 Å². The van der Waals surface area contributed by atoms with Crippen molar-refractivity contribution < 1.29 is 22.7 Å². The van der Waals surface area contributed by atoms with Gasteiger partial charge in [-0.2, -0.15) is 4.39 Å². The van der Waals surface area contributed by atoms with Crippen LogP contribution in [0.15, 0.2) is 23.5 Å². The molecule has 74 valence electrons. The Morgan fingerprint density at radius 2 is 1.69 bits per heavy atom. The highest BCUT2D eigenvalue weighted by molar-refractivity contribution is 5.38. The molecule has 0 radical (unpaired) electrons. The minimum atomic E-state index is -3.08. The van der Waals surface area contributed by atoms with Crippen molar-refractivity contribution in [3.05, 3.63) is 23.5 Å². The van der Waals surface area contributed by atoms with Crippen molar-refractivity contribution in [1.82, 2.24) is 0 Å². The first kappa shape index (κ1) is 10.1. The molecule has 1 aliphatic rings. The van der Waals surface area contributed by atoms with Crippen molar-refractivity contribution in [2.24, 2.45) is 0 Å². The van der Waals surface area contributed by atoms with Crippen LogP contribution >= 0.6 is 0 Å². The van der Waals surface area contributed by atoms with Crippen molar-refractivity contribution in [3.8, 4) is 0 Å². The number of aliphatic hydroxyl groups is 1. The van der Waals surface area contributed by atoms with Crippen molar-refractivity contribution in [3.63, 3.8) is 0 Å². The van der Waals surface area contributed by atoms with Gasteiger partial charge in [0, 0.05) is 6.08 Å². The normalized spacial score (nSPS) is 40.6. The van der Waals surface area contributed by atoms with Gasteiger partial charge in [-0.15, -0.1) is 0 Å². The van der Waals surface area contributed by atoms with E-state index in [1.165, 1.54) is 0 Å². The van der Waals surface area contributed by atoms with Crippen molar-refractivity contribution >= 4 is 0 Å². The maximum Gasteiger partial charge on any atom is 0.199 e. The van der Waals surface area contributed by atoms with Crippen LogP contribution in [0, 0.1) is 0 Å². The van der Waals surface area contributed by atoms with E-state index in [4.69, 9.17) is 5.11 Å². The summed E-state index contributed by atoms with van der Waals surface area (Å²) in [7, 11) is 0. The Bertz CT molecular complexity index is 301. The second-order valence-corrected chi connectivity index (χ2v) is 3.24. The third-order valence-electron chi connectivity index (χ3n) is 2.16.